The second kappa shape index (κ2) is 12.5. The molecule has 0 aliphatic rings. The summed E-state index contributed by atoms with van der Waals surface area (Å²) < 4.78 is 0. The Hall–Kier alpha value is -0.183. The van der Waals surface area contributed by atoms with Gasteiger partial charge in [-0.25, -0.2) is 0 Å². The molecule has 0 bridgehead atoms. The van der Waals surface area contributed by atoms with Crippen LogP contribution in [0.3, 0.4) is 0 Å². The molecule has 0 atom stereocenters. The van der Waals surface area contributed by atoms with E-state index in [4.69, 9.17) is 0 Å². The van der Waals surface area contributed by atoms with Crippen molar-refractivity contribution in [1.82, 2.24) is 0 Å². The van der Waals surface area contributed by atoms with Crippen LogP contribution in [-0.4, -0.2) is 17.7 Å². The summed E-state index contributed by atoms with van der Waals surface area (Å²) in [5.74, 6) is 0. The predicted octanol–water partition coefficient (Wildman–Crippen LogP) is 5.82. The molecule has 0 amide bonds. The van der Waals surface area contributed by atoms with Gasteiger partial charge in [-0.2, -0.15) is 0 Å². The molecule has 0 nitrogen and oxygen atoms in total. The van der Waals surface area contributed by atoms with Gasteiger partial charge in [0.25, 0.3) is 0 Å². The van der Waals surface area contributed by atoms with E-state index in [0.717, 1.165) is 5.09 Å². The summed E-state index contributed by atoms with van der Waals surface area (Å²) >= 11 is 2.22. The molecule has 1 aromatic carbocycles. The number of benzene rings is 1. The van der Waals surface area contributed by atoms with Crippen LogP contribution in [0.25, 0.3) is 0 Å². The van der Waals surface area contributed by atoms with Gasteiger partial charge < -0.3 is 0 Å². The first-order chi connectivity index (χ1) is 9.86. The molecular formula is C19H31Li. The van der Waals surface area contributed by atoms with Crippen molar-refractivity contribution in [2.75, 3.05) is 0 Å². The van der Waals surface area contributed by atoms with Crippen molar-refractivity contribution in [3.05, 3.63) is 35.4 Å². The fraction of sp³-hybridized carbons (Fsp3) is 0.684. The first-order valence-corrected chi connectivity index (χ1v) is 8.94. The van der Waals surface area contributed by atoms with E-state index >= 15 is 0 Å². The molecule has 0 aromatic heterocycles. The summed E-state index contributed by atoms with van der Waals surface area (Å²) in [4.78, 5) is 0. The third-order valence-electron chi connectivity index (χ3n) is 4.25. The molecule has 20 heavy (non-hydrogen) atoms. The van der Waals surface area contributed by atoms with Crippen LogP contribution in [0.1, 0.15) is 82.3 Å². The number of hydrogen-bond acceptors (Lipinski definition) is 0. The molecule has 0 saturated carbocycles. The van der Waals surface area contributed by atoms with Crippen molar-refractivity contribution in [3.8, 4) is 0 Å². The SMILES string of the molecule is [Li][CH2]c1ccc(CCCCCCCCCCCC)cc1. The van der Waals surface area contributed by atoms with Crippen LogP contribution in [-0.2, 0) is 11.5 Å². The third-order valence-corrected chi connectivity index (χ3v) is 4.25. The Balaban J connectivity index is 1.91. The van der Waals surface area contributed by atoms with Gasteiger partial charge in [-0.05, 0) is 0 Å². The molecule has 0 unspecified atom stereocenters. The fourth-order valence-corrected chi connectivity index (χ4v) is 2.76. The van der Waals surface area contributed by atoms with Crippen LogP contribution in [0.5, 0.6) is 0 Å². The van der Waals surface area contributed by atoms with Crippen molar-refractivity contribution in [1.29, 1.82) is 0 Å². The topological polar surface area (TPSA) is 0 Å². The zero-order chi connectivity index (χ0) is 14.5. The molecule has 0 N–H and O–H groups in total. The van der Waals surface area contributed by atoms with Crippen LogP contribution >= 0.6 is 0 Å². The fourth-order valence-electron chi connectivity index (χ4n) is 2.76. The Kier molecular flexibility index (Phi) is 11.2. The Morgan fingerprint density at radius 1 is 0.650 bits per heavy atom. The molecule has 0 heterocycles. The standard InChI is InChI=1S/C19H31.Li/c1-3-4-5-6-7-8-9-10-11-12-13-19-16-14-18(2)15-17-19;/h14-17H,2-13H2,1H3;. The Bertz CT molecular complexity index is 315. The Labute approximate surface area is 135 Å². The Morgan fingerprint density at radius 3 is 1.60 bits per heavy atom. The monoisotopic (exact) mass is 266 g/mol. The summed E-state index contributed by atoms with van der Waals surface area (Å²) in [5, 5.41) is 1.15. The van der Waals surface area contributed by atoms with Gasteiger partial charge in [-0.15, -0.1) is 0 Å². The van der Waals surface area contributed by atoms with E-state index in [-0.39, 0.29) is 0 Å². The molecule has 1 aromatic rings. The van der Waals surface area contributed by atoms with Crippen LogP contribution in [0.2, 0.25) is 0 Å². The normalized spacial score (nSPS) is 10.9. The van der Waals surface area contributed by atoms with Gasteiger partial charge in [-0.3, -0.25) is 0 Å². The predicted molar refractivity (Wildman–Crippen MR) is 91.4 cm³/mol. The van der Waals surface area contributed by atoms with Crippen LogP contribution < -0.4 is 0 Å². The molecule has 0 aliphatic carbocycles. The zero-order valence-electron chi connectivity index (χ0n) is 13.8. The molecule has 0 radical (unpaired) electrons. The molecule has 0 fully saturated rings. The summed E-state index contributed by atoms with van der Waals surface area (Å²) in [7, 11) is 0. The summed E-state index contributed by atoms with van der Waals surface area (Å²) in [6, 6.07) is 9.19. The number of aryl methyl sites for hydroxylation is 1. The molecular weight excluding hydrogens is 235 g/mol. The van der Waals surface area contributed by atoms with Gasteiger partial charge in [-0.1, -0.05) is 32.6 Å². The molecule has 1 heteroatoms. The minimum absolute atomic E-state index is 1.15. The maximum atomic E-state index is 2.31. The van der Waals surface area contributed by atoms with E-state index in [1.54, 1.807) is 0 Å². The van der Waals surface area contributed by atoms with Gasteiger partial charge in [0, 0.05) is 0 Å². The molecule has 0 spiro atoms. The van der Waals surface area contributed by atoms with Crippen LogP contribution in [0, 0.1) is 0 Å². The average molecular weight is 266 g/mol. The van der Waals surface area contributed by atoms with E-state index in [1.807, 2.05) is 0 Å². The van der Waals surface area contributed by atoms with Gasteiger partial charge in [0.2, 0.25) is 0 Å². The van der Waals surface area contributed by atoms with Crippen molar-refractivity contribution in [2.45, 2.75) is 82.6 Å². The number of hydrogen-bond donors (Lipinski definition) is 0. The van der Waals surface area contributed by atoms with Crippen molar-refractivity contribution >= 4 is 17.7 Å². The van der Waals surface area contributed by atoms with Gasteiger partial charge in [0.15, 0.2) is 0 Å². The van der Waals surface area contributed by atoms with Crippen molar-refractivity contribution in [2.24, 2.45) is 0 Å². The average Bonchev–Trinajstić information content (AvgIpc) is 2.50. The van der Waals surface area contributed by atoms with E-state index < -0.39 is 0 Å². The quantitative estimate of drug-likeness (QED) is 0.330. The van der Waals surface area contributed by atoms with E-state index in [2.05, 4.69) is 48.9 Å². The summed E-state index contributed by atoms with van der Waals surface area (Å²) in [5.41, 5.74) is 2.97. The zero-order valence-corrected chi connectivity index (χ0v) is 13.8. The molecule has 108 valence electrons. The van der Waals surface area contributed by atoms with E-state index in [0.29, 0.717) is 0 Å². The minimum atomic E-state index is 1.15. The first-order valence-electron chi connectivity index (χ1n) is 8.94. The summed E-state index contributed by atoms with van der Waals surface area (Å²) in [6.45, 7) is 2.29. The van der Waals surface area contributed by atoms with Gasteiger partial charge in [0.1, 0.15) is 0 Å². The van der Waals surface area contributed by atoms with Gasteiger partial charge in [0.05, 0.1) is 0 Å². The summed E-state index contributed by atoms with van der Waals surface area (Å²) in [6.07, 6.45) is 15.5. The van der Waals surface area contributed by atoms with Crippen LogP contribution in [0.4, 0.5) is 0 Å². The van der Waals surface area contributed by atoms with E-state index in [1.165, 1.54) is 81.8 Å². The first kappa shape index (κ1) is 17.9. The second-order valence-electron chi connectivity index (χ2n) is 6.10. The molecule has 0 aliphatic heterocycles. The maximum absolute atomic E-state index is 2.31. The number of unbranched alkanes of at least 4 members (excludes halogenated alkanes) is 9. The molecule has 1 rings (SSSR count). The second-order valence-corrected chi connectivity index (χ2v) is 6.10. The van der Waals surface area contributed by atoms with Crippen LogP contribution in [0.15, 0.2) is 24.3 Å². The van der Waals surface area contributed by atoms with Crippen molar-refractivity contribution < 1.29 is 0 Å². The third kappa shape index (κ3) is 8.88. The van der Waals surface area contributed by atoms with E-state index in [9.17, 15) is 0 Å². The number of rotatable bonds is 12. The van der Waals surface area contributed by atoms with Crippen molar-refractivity contribution in [3.63, 3.8) is 0 Å². The Morgan fingerprint density at radius 2 is 1.10 bits per heavy atom. The molecule has 0 saturated heterocycles. The van der Waals surface area contributed by atoms with Gasteiger partial charge >= 0.3 is 103 Å².